The topological polar surface area (TPSA) is 15.3 Å². The van der Waals surface area contributed by atoms with E-state index in [1.165, 1.54) is 44.3 Å². The fourth-order valence-electron chi connectivity index (χ4n) is 3.79. The number of halogens is 1. The molecule has 2 nitrogen and oxygen atoms in total. The zero-order valence-corrected chi connectivity index (χ0v) is 15.3. The van der Waals surface area contributed by atoms with Gasteiger partial charge in [-0.25, -0.2) is 0 Å². The van der Waals surface area contributed by atoms with Crippen molar-refractivity contribution in [2.75, 3.05) is 32.7 Å². The molecule has 1 saturated heterocycles. The highest BCUT2D eigenvalue weighted by atomic mass is 35.5. The first-order valence-corrected chi connectivity index (χ1v) is 9.31. The minimum atomic E-state index is 0.402. The van der Waals surface area contributed by atoms with Crippen LogP contribution < -0.4 is 5.32 Å². The summed E-state index contributed by atoms with van der Waals surface area (Å²) in [6.07, 6.45) is 4.96. The predicted octanol–water partition coefficient (Wildman–Crippen LogP) is 4.60. The van der Waals surface area contributed by atoms with Gasteiger partial charge < -0.3 is 5.32 Å². The van der Waals surface area contributed by atoms with E-state index < -0.39 is 0 Å². The highest BCUT2D eigenvalue weighted by molar-refractivity contribution is 6.30. The van der Waals surface area contributed by atoms with Crippen molar-refractivity contribution in [3.05, 3.63) is 40.4 Å². The van der Waals surface area contributed by atoms with Crippen LogP contribution >= 0.6 is 11.6 Å². The second kappa shape index (κ2) is 7.38. The molecule has 0 saturated carbocycles. The molecule has 2 aliphatic rings. The summed E-state index contributed by atoms with van der Waals surface area (Å²) in [6.45, 7) is 10.6. The lowest BCUT2D eigenvalue weighted by molar-refractivity contribution is 0.290. The van der Waals surface area contributed by atoms with Crippen LogP contribution in [0.2, 0.25) is 5.02 Å². The van der Waals surface area contributed by atoms with Gasteiger partial charge in [0.15, 0.2) is 0 Å². The molecule has 0 aromatic heterocycles. The van der Waals surface area contributed by atoms with Crippen LogP contribution in [0, 0.1) is 5.41 Å². The fraction of sp³-hybridized carbons (Fsp3) is 0.600. The van der Waals surface area contributed by atoms with E-state index in [9.17, 15) is 0 Å². The number of nitrogens with one attached hydrogen (secondary N) is 1. The molecule has 0 atom stereocenters. The number of rotatable bonds is 3. The van der Waals surface area contributed by atoms with E-state index >= 15 is 0 Å². The lowest BCUT2D eigenvalue weighted by atomic mass is 9.72. The molecule has 1 aliphatic heterocycles. The van der Waals surface area contributed by atoms with Gasteiger partial charge in [0.05, 0.1) is 0 Å². The van der Waals surface area contributed by atoms with Gasteiger partial charge in [0.2, 0.25) is 0 Å². The highest BCUT2D eigenvalue weighted by Crippen LogP contribution is 2.43. The summed E-state index contributed by atoms with van der Waals surface area (Å²) >= 11 is 6.09. The van der Waals surface area contributed by atoms with E-state index in [-0.39, 0.29) is 0 Å². The molecule has 1 aromatic carbocycles. The summed E-state index contributed by atoms with van der Waals surface area (Å²) in [7, 11) is 0. The van der Waals surface area contributed by atoms with Crippen LogP contribution in [0.5, 0.6) is 0 Å². The van der Waals surface area contributed by atoms with Crippen LogP contribution in [-0.2, 0) is 0 Å². The lowest BCUT2D eigenvalue weighted by Crippen LogP contribution is -2.32. The van der Waals surface area contributed by atoms with Gasteiger partial charge >= 0.3 is 0 Å². The fourth-order valence-corrected chi connectivity index (χ4v) is 3.92. The summed E-state index contributed by atoms with van der Waals surface area (Å²) in [5.74, 6) is 0. The van der Waals surface area contributed by atoms with Crippen LogP contribution in [0.25, 0.3) is 5.57 Å². The van der Waals surface area contributed by atoms with E-state index in [0.29, 0.717) is 5.41 Å². The largest absolute Gasteiger partial charge is 0.315 e. The van der Waals surface area contributed by atoms with Gasteiger partial charge in [0.1, 0.15) is 0 Å². The molecular weight excluding hydrogens is 304 g/mol. The Morgan fingerprint density at radius 1 is 1.13 bits per heavy atom. The quantitative estimate of drug-likeness (QED) is 0.870. The van der Waals surface area contributed by atoms with Crippen molar-refractivity contribution >= 4 is 17.2 Å². The smallest absolute Gasteiger partial charge is 0.0406 e. The monoisotopic (exact) mass is 332 g/mol. The summed E-state index contributed by atoms with van der Waals surface area (Å²) < 4.78 is 0. The first kappa shape index (κ1) is 17.0. The Balaban J connectivity index is 1.86. The SMILES string of the molecule is CC1(C)CCC(CN2CCCNCC2)=C(c2ccc(Cl)cc2)C1. The van der Waals surface area contributed by atoms with Gasteiger partial charge in [-0.05, 0) is 67.5 Å². The van der Waals surface area contributed by atoms with E-state index in [4.69, 9.17) is 11.6 Å². The number of hydrogen-bond donors (Lipinski definition) is 1. The third kappa shape index (κ3) is 4.59. The number of hydrogen-bond acceptors (Lipinski definition) is 2. The first-order valence-electron chi connectivity index (χ1n) is 8.93. The Morgan fingerprint density at radius 2 is 1.91 bits per heavy atom. The van der Waals surface area contributed by atoms with Crippen LogP contribution in [0.1, 0.15) is 45.1 Å². The maximum Gasteiger partial charge on any atom is 0.0406 e. The Morgan fingerprint density at radius 3 is 2.70 bits per heavy atom. The van der Waals surface area contributed by atoms with E-state index in [0.717, 1.165) is 24.7 Å². The maximum absolute atomic E-state index is 6.09. The molecule has 126 valence electrons. The van der Waals surface area contributed by atoms with Crippen molar-refractivity contribution in [1.29, 1.82) is 0 Å². The Labute approximate surface area is 145 Å². The van der Waals surface area contributed by atoms with Crippen molar-refractivity contribution < 1.29 is 0 Å². The van der Waals surface area contributed by atoms with Gasteiger partial charge in [0, 0.05) is 24.7 Å². The van der Waals surface area contributed by atoms with Crippen LogP contribution in [-0.4, -0.2) is 37.6 Å². The zero-order valence-electron chi connectivity index (χ0n) is 14.5. The Hall–Kier alpha value is -0.830. The van der Waals surface area contributed by atoms with Crippen molar-refractivity contribution in [1.82, 2.24) is 10.2 Å². The molecule has 1 heterocycles. The summed E-state index contributed by atoms with van der Waals surface area (Å²) in [4.78, 5) is 2.63. The minimum Gasteiger partial charge on any atom is -0.315 e. The molecular formula is C20H29ClN2. The van der Waals surface area contributed by atoms with Gasteiger partial charge in [-0.3, -0.25) is 4.90 Å². The minimum absolute atomic E-state index is 0.402. The van der Waals surface area contributed by atoms with Crippen molar-refractivity contribution in [3.63, 3.8) is 0 Å². The van der Waals surface area contributed by atoms with Crippen molar-refractivity contribution in [3.8, 4) is 0 Å². The molecule has 0 bridgehead atoms. The molecule has 0 radical (unpaired) electrons. The first-order chi connectivity index (χ1) is 11.0. The van der Waals surface area contributed by atoms with Gasteiger partial charge in [0.25, 0.3) is 0 Å². The Kier molecular flexibility index (Phi) is 5.45. The van der Waals surface area contributed by atoms with Gasteiger partial charge in [-0.15, -0.1) is 0 Å². The van der Waals surface area contributed by atoms with E-state index in [2.05, 4.69) is 36.2 Å². The zero-order chi connectivity index (χ0) is 16.3. The van der Waals surface area contributed by atoms with Crippen LogP contribution in [0.15, 0.2) is 29.8 Å². The molecule has 3 heteroatoms. The molecule has 1 fully saturated rings. The maximum atomic E-state index is 6.09. The standard InChI is InChI=1S/C20H29ClN2/c1-20(2)9-8-17(15-23-12-3-10-22-11-13-23)19(14-20)16-4-6-18(21)7-5-16/h4-7,22H,3,8-15H2,1-2H3. The van der Waals surface area contributed by atoms with E-state index in [1.807, 2.05) is 12.1 Å². The highest BCUT2D eigenvalue weighted by Gasteiger charge is 2.28. The van der Waals surface area contributed by atoms with Crippen molar-refractivity contribution in [2.45, 2.75) is 39.5 Å². The third-order valence-corrected chi connectivity index (χ3v) is 5.48. The predicted molar refractivity (Wildman–Crippen MR) is 99.9 cm³/mol. The van der Waals surface area contributed by atoms with Crippen LogP contribution in [0.4, 0.5) is 0 Å². The van der Waals surface area contributed by atoms with Gasteiger partial charge in [-0.2, -0.15) is 0 Å². The molecule has 1 aromatic rings. The summed E-state index contributed by atoms with van der Waals surface area (Å²) in [6, 6.07) is 8.45. The van der Waals surface area contributed by atoms with Crippen molar-refractivity contribution in [2.24, 2.45) is 5.41 Å². The molecule has 0 unspecified atom stereocenters. The third-order valence-electron chi connectivity index (χ3n) is 5.23. The van der Waals surface area contributed by atoms with Gasteiger partial charge in [-0.1, -0.05) is 43.2 Å². The van der Waals surface area contributed by atoms with E-state index in [1.54, 1.807) is 11.1 Å². The molecule has 3 rings (SSSR count). The molecule has 1 aliphatic carbocycles. The molecule has 1 N–H and O–H groups in total. The summed E-state index contributed by atoms with van der Waals surface area (Å²) in [5, 5.41) is 4.33. The lowest BCUT2D eigenvalue weighted by Gasteiger charge is -2.35. The molecule has 0 amide bonds. The second-order valence-electron chi connectivity index (χ2n) is 7.81. The Bertz CT molecular complexity index is 552. The number of benzene rings is 1. The molecule has 23 heavy (non-hydrogen) atoms. The number of allylic oxidation sites excluding steroid dienone is 1. The van der Waals surface area contributed by atoms with Crippen LogP contribution in [0.3, 0.4) is 0 Å². The average Bonchev–Trinajstić information content (AvgIpc) is 2.78. The average molecular weight is 333 g/mol. The number of nitrogens with zero attached hydrogens (tertiary/aromatic N) is 1. The molecule has 0 spiro atoms. The summed E-state index contributed by atoms with van der Waals surface area (Å²) in [5.41, 5.74) is 4.98. The normalized spacial score (nSPS) is 22.9. The second-order valence-corrected chi connectivity index (χ2v) is 8.25.